The van der Waals surface area contributed by atoms with Gasteiger partial charge in [-0.2, -0.15) is 23.5 Å². The number of hydrogen-bond acceptors (Lipinski definition) is 5. The van der Waals surface area contributed by atoms with Crippen molar-refractivity contribution >= 4 is 5.78 Å². The lowest BCUT2D eigenvalue weighted by molar-refractivity contribution is -0.137. The van der Waals surface area contributed by atoms with E-state index in [1.165, 1.54) is 17.3 Å². The lowest BCUT2D eigenvalue weighted by atomic mass is 10.0. The second-order valence-corrected chi connectivity index (χ2v) is 4.09. The molecule has 1 atom stereocenters. The Labute approximate surface area is 116 Å². The molecule has 2 aromatic rings. The summed E-state index contributed by atoms with van der Waals surface area (Å²) in [5.74, 6) is -1.79. The summed E-state index contributed by atoms with van der Waals surface area (Å²) >= 11 is 0. The zero-order valence-electron chi connectivity index (χ0n) is 10.4. The van der Waals surface area contributed by atoms with E-state index in [0.29, 0.717) is 6.20 Å². The number of carbonyl (C=O) groups is 1. The Hall–Kier alpha value is -2.76. The van der Waals surface area contributed by atoms with Crippen LogP contribution in [0, 0.1) is 11.3 Å². The summed E-state index contributed by atoms with van der Waals surface area (Å²) < 4.78 is 38.5. The minimum absolute atomic E-state index is 0.0318. The molecule has 2 aromatic heterocycles. The standard InChI is InChI=1S/C12H8F3N5O/c13-12(14,15)8-1-2-10(18-4-8)9(3-16)11(21)5-20-7-17-6-19-20/h1-2,4,6-7,9H,5H2/t9-/m0/s1. The zero-order chi connectivity index (χ0) is 15.5. The minimum atomic E-state index is -4.52. The van der Waals surface area contributed by atoms with Gasteiger partial charge in [0.25, 0.3) is 0 Å². The number of aromatic nitrogens is 4. The van der Waals surface area contributed by atoms with E-state index in [4.69, 9.17) is 5.26 Å². The summed E-state index contributed by atoms with van der Waals surface area (Å²) in [6, 6.07) is 3.54. The van der Waals surface area contributed by atoms with Gasteiger partial charge in [-0.25, -0.2) is 9.67 Å². The first-order valence-electron chi connectivity index (χ1n) is 5.69. The van der Waals surface area contributed by atoms with Crippen molar-refractivity contribution in [3.63, 3.8) is 0 Å². The molecule has 0 unspecified atom stereocenters. The third kappa shape index (κ3) is 3.42. The van der Waals surface area contributed by atoms with E-state index in [-0.39, 0.29) is 12.2 Å². The highest BCUT2D eigenvalue weighted by Gasteiger charge is 2.31. The predicted molar refractivity (Wildman–Crippen MR) is 62.6 cm³/mol. The van der Waals surface area contributed by atoms with E-state index in [2.05, 4.69) is 15.1 Å². The number of alkyl halides is 3. The van der Waals surface area contributed by atoms with Crippen LogP contribution < -0.4 is 0 Å². The second-order valence-electron chi connectivity index (χ2n) is 4.09. The average Bonchev–Trinajstić information content (AvgIpc) is 2.92. The molecule has 0 amide bonds. The molecule has 0 aliphatic heterocycles. The van der Waals surface area contributed by atoms with E-state index >= 15 is 0 Å². The van der Waals surface area contributed by atoms with Crippen LogP contribution in [0.15, 0.2) is 31.0 Å². The largest absolute Gasteiger partial charge is 0.417 e. The number of nitrogens with zero attached hydrogens (tertiary/aromatic N) is 5. The maximum atomic E-state index is 12.4. The van der Waals surface area contributed by atoms with Gasteiger partial charge < -0.3 is 0 Å². The van der Waals surface area contributed by atoms with E-state index in [1.54, 1.807) is 6.07 Å². The van der Waals surface area contributed by atoms with Gasteiger partial charge in [0.1, 0.15) is 25.1 Å². The van der Waals surface area contributed by atoms with Gasteiger partial charge in [0.2, 0.25) is 0 Å². The van der Waals surface area contributed by atoms with Crippen molar-refractivity contribution in [2.24, 2.45) is 0 Å². The quantitative estimate of drug-likeness (QED) is 0.854. The highest BCUT2D eigenvalue weighted by atomic mass is 19.4. The Morgan fingerprint density at radius 2 is 2.19 bits per heavy atom. The van der Waals surface area contributed by atoms with E-state index < -0.39 is 23.4 Å². The first kappa shape index (κ1) is 14.6. The molecule has 2 rings (SSSR count). The monoisotopic (exact) mass is 295 g/mol. The van der Waals surface area contributed by atoms with Gasteiger partial charge in [-0.3, -0.25) is 9.78 Å². The number of halogens is 3. The summed E-state index contributed by atoms with van der Waals surface area (Å²) in [4.78, 5) is 19.2. The van der Waals surface area contributed by atoms with Crippen molar-refractivity contribution in [3.05, 3.63) is 42.2 Å². The fraction of sp³-hybridized carbons (Fsp3) is 0.250. The zero-order valence-corrected chi connectivity index (χ0v) is 10.4. The third-order valence-electron chi connectivity index (χ3n) is 2.64. The molecule has 2 heterocycles. The van der Waals surface area contributed by atoms with E-state index in [1.807, 2.05) is 0 Å². The summed E-state index contributed by atoms with van der Waals surface area (Å²) in [6.07, 6.45) is -1.39. The molecular formula is C12H8F3N5O. The Kier molecular flexibility index (Phi) is 3.98. The van der Waals surface area contributed by atoms with Crippen LogP contribution in [-0.4, -0.2) is 25.5 Å². The number of rotatable bonds is 4. The molecule has 6 nitrogen and oxygen atoms in total. The highest BCUT2D eigenvalue weighted by Crippen LogP contribution is 2.29. The van der Waals surface area contributed by atoms with Crippen LogP contribution >= 0.6 is 0 Å². The van der Waals surface area contributed by atoms with Gasteiger partial charge >= 0.3 is 6.18 Å². The molecule has 0 saturated heterocycles. The lowest BCUT2D eigenvalue weighted by Gasteiger charge is -2.10. The predicted octanol–water partition coefficient (Wildman–Crippen LogP) is 1.57. The number of nitriles is 1. The Morgan fingerprint density at radius 3 is 2.67 bits per heavy atom. The van der Waals surface area contributed by atoms with Crippen LogP contribution in [0.5, 0.6) is 0 Å². The lowest BCUT2D eigenvalue weighted by Crippen LogP contribution is -2.19. The third-order valence-corrected chi connectivity index (χ3v) is 2.64. The van der Waals surface area contributed by atoms with Gasteiger partial charge in [-0.15, -0.1) is 0 Å². The van der Waals surface area contributed by atoms with E-state index in [0.717, 1.165) is 12.1 Å². The van der Waals surface area contributed by atoms with Gasteiger partial charge in [0, 0.05) is 6.20 Å². The molecule has 0 aliphatic carbocycles. The van der Waals surface area contributed by atoms with Crippen LogP contribution in [0.25, 0.3) is 0 Å². The van der Waals surface area contributed by atoms with Crippen LogP contribution in [-0.2, 0) is 17.5 Å². The maximum Gasteiger partial charge on any atom is 0.417 e. The van der Waals surface area contributed by atoms with Crippen molar-refractivity contribution in [1.82, 2.24) is 19.7 Å². The van der Waals surface area contributed by atoms with Gasteiger partial charge in [-0.1, -0.05) is 0 Å². The normalized spacial score (nSPS) is 12.7. The summed E-state index contributed by atoms with van der Waals surface area (Å²) in [6.45, 7) is -0.207. The fourth-order valence-corrected chi connectivity index (χ4v) is 1.61. The molecule has 0 aromatic carbocycles. The van der Waals surface area contributed by atoms with Gasteiger partial charge in [0.05, 0.1) is 17.3 Å². The first-order valence-corrected chi connectivity index (χ1v) is 5.69. The minimum Gasteiger partial charge on any atom is -0.296 e. The number of ketones is 1. The van der Waals surface area contributed by atoms with Crippen molar-refractivity contribution in [2.75, 3.05) is 0 Å². The van der Waals surface area contributed by atoms with Crippen molar-refractivity contribution in [2.45, 2.75) is 18.6 Å². The second kappa shape index (κ2) is 5.70. The van der Waals surface area contributed by atoms with Crippen LogP contribution in [0.3, 0.4) is 0 Å². The number of Topliss-reactive ketones (excluding diaryl/α,β-unsaturated/α-hetero) is 1. The topological polar surface area (TPSA) is 84.5 Å². The smallest absolute Gasteiger partial charge is 0.296 e. The Balaban J connectivity index is 2.18. The molecule has 21 heavy (non-hydrogen) atoms. The molecule has 0 radical (unpaired) electrons. The number of pyridine rings is 1. The Bertz CT molecular complexity index is 658. The molecule has 108 valence electrons. The molecule has 0 N–H and O–H groups in total. The molecule has 0 aliphatic rings. The molecule has 9 heteroatoms. The van der Waals surface area contributed by atoms with E-state index in [9.17, 15) is 18.0 Å². The van der Waals surface area contributed by atoms with Crippen molar-refractivity contribution < 1.29 is 18.0 Å². The van der Waals surface area contributed by atoms with Crippen LogP contribution in [0.1, 0.15) is 17.2 Å². The fourth-order valence-electron chi connectivity index (χ4n) is 1.61. The Morgan fingerprint density at radius 1 is 1.43 bits per heavy atom. The number of carbonyl (C=O) groups excluding carboxylic acids is 1. The molecule has 0 bridgehead atoms. The van der Waals surface area contributed by atoms with Crippen LogP contribution in [0.4, 0.5) is 13.2 Å². The highest BCUT2D eigenvalue weighted by molar-refractivity contribution is 5.87. The van der Waals surface area contributed by atoms with Gasteiger partial charge in [-0.05, 0) is 12.1 Å². The summed E-state index contributed by atoms with van der Waals surface area (Å²) in [5, 5.41) is 12.7. The molecule has 0 spiro atoms. The first-order chi connectivity index (χ1) is 9.91. The SMILES string of the molecule is N#C[C@H](C(=O)Cn1cncn1)c1ccc(C(F)(F)F)cn1. The molecular weight excluding hydrogens is 287 g/mol. The number of hydrogen-bond donors (Lipinski definition) is 0. The summed E-state index contributed by atoms with van der Waals surface area (Å²) in [5.41, 5.74) is -0.970. The van der Waals surface area contributed by atoms with Crippen molar-refractivity contribution in [3.8, 4) is 6.07 Å². The summed E-state index contributed by atoms with van der Waals surface area (Å²) in [7, 11) is 0. The maximum absolute atomic E-state index is 12.4. The average molecular weight is 295 g/mol. The van der Waals surface area contributed by atoms with Crippen molar-refractivity contribution in [1.29, 1.82) is 5.26 Å². The van der Waals surface area contributed by atoms with Gasteiger partial charge in [0.15, 0.2) is 5.78 Å². The molecule has 0 saturated carbocycles. The molecule has 0 fully saturated rings. The van der Waals surface area contributed by atoms with Crippen LogP contribution in [0.2, 0.25) is 0 Å².